The van der Waals surface area contributed by atoms with Gasteiger partial charge in [-0.2, -0.15) is 13.2 Å². The number of carboxylic acid groups (broad SMARTS) is 1. The fourth-order valence-electron chi connectivity index (χ4n) is 2.04. The quantitative estimate of drug-likeness (QED) is 0.740. The van der Waals surface area contributed by atoms with Gasteiger partial charge in [-0.3, -0.25) is 4.79 Å². The molecule has 10 heteroatoms. The van der Waals surface area contributed by atoms with Crippen LogP contribution in [0.5, 0.6) is 0 Å². The number of carbonyl (C=O) groups excluding carboxylic acids is 1. The van der Waals surface area contributed by atoms with Crippen molar-refractivity contribution >= 4 is 11.9 Å². The van der Waals surface area contributed by atoms with Crippen molar-refractivity contribution in [2.45, 2.75) is 19.5 Å². The second kappa shape index (κ2) is 11.1. The van der Waals surface area contributed by atoms with Crippen molar-refractivity contribution in [1.82, 2.24) is 15.2 Å². The zero-order valence-corrected chi connectivity index (χ0v) is 15.5. The second-order valence-electron chi connectivity index (χ2n) is 5.85. The number of nitrogens with zero attached hydrogens (tertiary/aromatic N) is 2. The fourth-order valence-corrected chi connectivity index (χ4v) is 2.04. The molecule has 2 rings (SSSR count). The summed E-state index contributed by atoms with van der Waals surface area (Å²) in [5, 5.41) is 9.98. The van der Waals surface area contributed by atoms with Crippen molar-refractivity contribution in [1.29, 1.82) is 0 Å². The van der Waals surface area contributed by atoms with Crippen LogP contribution in [-0.2, 0) is 11.2 Å². The van der Waals surface area contributed by atoms with Crippen molar-refractivity contribution in [2.75, 3.05) is 26.7 Å². The van der Waals surface area contributed by atoms with Gasteiger partial charge in [0.15, 0.2) is 12.1 Å². The maximum atomic E-state index is 11.8. The molecule has 0 saturated heterocycles. The molecule has 0 radical (unpaired) electrons. The fraction of sp³-hybridized carbons (Fsp3) is 0.389. The van der Waals surface area contributed by atoms with E-state index in [1.54, 1.807) is 6.92 Å². The third-order valence-corrected chi connectivity index (χ3v) is 3.61. The number of rotatable bonds is 7. The molecule has 0 unspecified atom stereocenters. The number of aliphatic carboxylic acids is 1. The number of amides is 1. The minimum atomic E-state index is -5.08. The molecule has 0 aliphatic rings. The van der Waals surface area contributed by atoms with E-state index in [1.807, 2.05) is 6.07 Å². The first kappa shape index (κ1) is 23.2. The van der Waals surface area contributed by atoms with Crippen molar-refractivity contribution in [3.05, 3.63) is 53.7 Å². The zero-order chi connectivity index (χ0) is 21.2. The predicted molar refractivity (Wildman–Crippen MR) is 94.9 cm³/mol. The Labute approximate surface area is 160 Å². The molecule has 0 fully saturated rings. The average molecular weight is 401 g/mol. The number of benzene rings is 1. The first-order valence-electron chi connectivity index (χ1n) is 8.32. The van der Waals surface area contributed by atoms with Crippen LogP contribution in [0.2, 0.25) is 0 Å². The van der Waals surface area contributed by atoms with Gasteiger partial charge in [-0.05, 0) is 26.0 Å². The van der Waals surface area contributed by atoms with E-state index < -0.39 is 12.1 Å². The molecule has 1 aromatic heterocycles. The number of alkyl halides is 3. The van der Waals surface area contributed by atoms with E-state index >= 15 is 0 Å². The smallest absolute Gasteiger partial charge is 0.475 e. The predicted octanol–water partition coefficient (Wildman–Crippen LogP) is 2.52. The number of oxazole rings is 1. The van der Waals surface area contributed by atoms with Crippen LogP contribution in [0.15, 0.2) is 41.1 Å². The Kier molecular flexibility index (Phi) is 9.16. The highest BCUT2D eigenvalue weighted by atomic mass is 19.4. The van der Waals surface area contributed by atoms with Gasteiger partial charge >= 0.3 is 12.1 Å². The van der Waals surface area contributed by atoms with Gasteiger partial charge in [0.2, 0.25) is 0 Å². The molecule has 0 aliphatic carbocycles. The summed E-state index contributed by atoms with van der Waals surface area (Å²) >= 11 is 0. The lowest BCUT2D eigenvalue weighted by Gasteiger charge is -2.16. The Morgan fingerprint density at radius 2 is 1.82 bits per heavy atom. The molecule has 0 bridgehead atoms. The van der Waals surface area contributed by atoms with Crippen molar-refractivity contribution in [3.8, 4) is 0 Å². The Bertz CT molecular complexity index is 748. The molecule has 0 saturated carbocycles. The summed E-state index contributed by atoms with van der Waals surface area (Å²) in [4.78, 5) is 26.8. The molecule has 2 N–H and O–H groups in total. The zero-order valence-electron chi connectivity index (χ0n) is 15.5. The number of hydrogen-bond acceptors (Lipinski definition) is 5. The van der Waals surface area contributed by atoms with Gasteiger partial charge in [-0.25, -0.2) is 9.78 Å². The number of likely N-dealkylation sites (N-methyl/N-ethyl adjacent to an activating group) is 1. The molecule has 154 valence electrons. The summed E-state index contributed by atoms with van der Waals surface area (Å²) in [5.74, 6) is -2.39. The number of carboxylic acids is 1. The molecule has 28 heavy (non-hydrogen) atoms. The Balaban J connectivity index is 0.000000480. The summed E-state index contributed by atoms with van der Waals surface area (Å²) in [5.41, 5.74) is 1.69. The molecule has 1 amide bonds. The van der Waals surface area contributed by atoms with Crippen LogP contribution in [0.1, 0.15) is 21.8 Å². The molecule has 0 spiro atoms. The van der Waals surface area contributed by atoms with E-state index in [4.69, 9.17) is 14.3 Å². The van der Waals surface area contributed by atoms with Crippen LogP contribution in [0.25, 0.3) is 0 Å². The van der Waals surface area contributed by atoms with Crippen molar-refractivity contribution < 1.29 is 32.3 Å². The standard InChI is InChI=1S/C16H21N3O2.C2HF3O2/c1-13-15(18-12-21-13)16(20)17-9-11-19(2)10-8-14-6-4-3-5-7-14;3-2(4,5)1(6)7/h3-7,12H,8-11H2,1-2H3,(H,17,20);(H,6,7). The van der Waals surface area contributed by atoms with Crippen LogP contribution < -0.4 is 5.32 Å². The van der Waals surface area contributed by atoms with Gasteiger partial charge in [-0.15, -0.1) is 0 Å². The van der Waals surface area contributed by atoms with Crippen molar-refractivity contribution in [2.24, 2.45) is 0 Å². The number of carbonyl (C=O) groups is 2. The molecular weight excluding hydrogens is 379 g/mol. The van der Waals surface area contributed by atoms with E-state index in [2.05, 4.69) is 46.5 Å². The minimum absolute atomic E-state index is 0.183. The third kappa shape index (κ3) is 8.67. The molecule has 0 aliphatic heterocycles. The maximum absolute atomic E-state index is 11.8. The third-order valence-electron chi connectivity index (χ3n) is 3.61. The number of aromatic nitrogens is 1. The maximum Gasteiger partial charge on any atom is 0.490 e. The molecule has 0 atom stereocenters. The minimum Gasteiger partial charge on any atom is -0.475 e. The number of nitrogens with one attached hydrogen (secondary N) is 1. The van der Waals surface area contributed by atoms with E-state index in [0.717, 1.165) is 19.5 Å². The van der Waals surface area contributed by atoms with Crippen LogP contribution in [-0.4, -0.2) is 59.7 Å². The highest BCUT2D eigenvalue weighted by molar-refractivity contribution is 5.92. The second-order valence-corrected chi connectivity index (χ2v) is 5.85. The first-order chi connectivity index (χ1) is 13.1. The van der Waals surface area contributed by atoms with Crippen molar-refractivity contribution in [3.63, 3.8) is 0 Å². The van der Waals surface area contributed by atoms with Crippen LogP contribution >= 0.6 is 0 Å². The summed E-state index contributed by atoms with van der Waals surface area (Å²) in [6.07, 6.45) is -2.79. The summed E-state index contributed by atoms with van der Waals surface area (Å²) in [6, 6.07) is 10.4. The topological polar surface area (TPSA) is 95.7 Å². The van der Waals surface area contributed by atoms with E-state index in [1.165, 1.54) is 12.0 Å². The SMILES string of the molecule is Cc1ocnc1C(=O)NCCN(C)CCc1ccccc1.O=C(O)C(F)(F)F. The lowest BCUT2D eigenvalue weighted by atomic mass is 10.1. The van der Waals surface area contributed by atoms with Gasteiger partial charge < -0.3 is 19.7 Å². The van der Waals surface area contributed by atoms with E-state index in [-0.39, 0.29) is 5.91 Å². The molecular formula is C18H22F3N3O4. The largest absolute Gasteiger partial charge is 0.490 e. The van der Waals surface area contributed by atoms with Crippen LogP contribution in [0, 0.1) is 6.92 Å². The lowest BCUT2D eigenvalue weighted by Crippen LogP contribution is -2.34. The molecule has 2 aromatic rings. The first-order valence-corrected chi connectivity index (χ1v) is 8.32. The summed E-state index contributed by atoms with van der Waals surface area (Å²) < 4.78 is 36.8. The number of halogens is 3. The Morgan fingerprint density at radius 3 is 2.32 bits per heavy atom. The Morgan fingerprint density at radius 1 is 1.21 bits per heavy atom. The van der Waals surface area contributed by atoms with E-state index in [0.29, 0.717) is 18.0 Å². The number of aryl methyl sites for hydroxylation is 1. The number of hydrogen-bond donors (Lipinski definition) is 2. The monoisotopic (exact) mass is 401 g/mol. The van der Waals surface area contributed by atoms with Gasteiger partial charge in [0.05, 0.1) is 0 Å². The van der Waals surface area contributed by atoms with Crippen LogP contribution in [0.4, 0.5) is 13.2 Å². The highest BCUT2D eigenvalue weighted by Gasteiger charge is 2.38. The van der Waals surface area contributed by atoms with Gasteiger partial charge in [0, 0.05) is 19.6 Å². The van der Waals surface area contributed by atoms with Gasteiger partial charge in [0.25, 0.3) is 5.91 Å². The van der Waals surface area contributed by atoms with Crippen LogP contribution in [0.3, 0.4) is 0 Å². The average Bonchev–Trinajstić information content (AvgIpc) is 3.06. The highest BCUT2D eigenvalue weighted by Crippen LogP contribution is 2.13. The molecule has 7 nitrogen and oxygen atoms in total. The summed E-state index contributed by atoms with van der Waals surface area (Å²) in [6.45, 7) is 4.09. The molecule has 1 heterocycles. The molecule has 1 aromatic carbocycles. The normalized spacial score (nSPS) is 10.9. The van der Waals surface area contributed by atoms with Gasteiger partial charge in [0.1, 0.15) is 5.76 Å². The Hall–Kier alpha value is -2.88. The lowest BCUT2D eigenvalue weighted by molar-refractivity contribution is -0.192. The van der Waals surface area contributed by atoms with E-state index in [9.17, 15) is 18.0 Å². The van der Waals surface area contributed by atoms with Gasteiger partial charge in [-0.1, -0.05) is 30.3 Å². The summed E-state index contributed by atoms with van der Waals surface area (Å²) in [7, 11) is 2.05.